The van der Waals surface area contributed by atoms with Crippen LogP contribution in [0.2, 0.25) is 5.15 Å². The Morgan fingerprint density at radius 1 is 1.53 bits per heavy atom. The number of aldehydes is 1. The van der Waals surface area contributed by atoms with Crippen LogP contribution < -0.4 is 0 Å². The van der Waals surface area contributed by atoms with Gasteiger partial charge in [-0.15, -0.1) is 0 Å². The monoisotopic (exact) mass is 222 g/mol. The number of aromatic nitrogens is 2. The molecule has 2 rings (SSSR count). The molecule has 3 nitrogen and oxygen atoms in total. The van der Waals surface area contributed by atoms with E-state index in [1.54, 1.807) is 6.07 Å². The van der Waals surface area contributed by atoms with Crippen LogP contribution >= 0.6 is 11.6 Å². The highest BCUT2D eigenvalue weighted by molar-refractivity contribution is 6.30. The molecule has 0 saturated heterocycles. The molecule has 15 heavy (non-hydrogen) atoms. The van der Waals surface area contributed by atoms with E-state index in [-0.39, 0.29) is 0 Å². The molecule has 2 aromatic heterocycles. The van der Waals surface area contributed by atoms with E-state index in [0.717, 1.165) is 17.3 Å². The summed E-state index contributed by atoms with van der Waals surface area (Å²) < 4.78 is 1.99. The number of fused-ring (bicyclic) bond motifs is 1. The molecule has 2 heterocycles. The topological polar surface area (TPSA) is 34.9 Å². The fourth-order valence-electron chi connectivity index (χ4n) is 1.64. The lowest BCUT2D eigenvalue weighted by Gasteiger charge is -2.08. The third-order valence-corrected chi connectivity index (χ3v) is 2.56. The number of pyridine rings is 1. The summed E-state index contributed by atoms with van der Waals surface area (Å²) in [6, 6.07) is 3.78. The molecule has 0 N–H and O–H groups in total. The molecule has 0 radical (unpaired) electrons. The number of hydrogen-bond donors (Lipinski definition) is 0. The highest BCUT2D eigenvalue weighted by Crippen LogP contribution is 2.23. The van der Waals surface area contributed by atoms with Crippen LogP contribution in [0.15, 0.2) is 18.3 Å². The van der Waals surface area contributed by atoms with Gasteiger partial charge in [-0.05, 0) is 26.0 Å². The molecule has 0 aliphatic heterocycles. The van der Waals surface area contributed by atoms with Crippen LogP contribution in [0, 0.1) is 0 Å². The minimum absolute atomic E-state index is 0.299. The van der Waals surface area contributed by atoms with Crippen LogP contribution in [-0.4, -0.2) is 15.8 Å². The van der Waals surface area contributed by atoms with Crippen LogP contribution in [0.3, 0.4) is 0 Å². The second kappa shape index (κ2) is 3.66. The molecule has 78 valence electrons. The fourth-order valence-corrected chi connectivity index (χ4v) is 1.83. The maximum absolute atomic E-state index is 10.9. The van der Waals surface area contributed by atoms with E-state index in [0.29, 0.717) is 16.8 Å². The lowest BCUT2D eigenvalue weighted by molar-refractivity contribution is 0.112. The summed E-state index contributed by atoms with van der Waals surface area (Å²) in [7, 11) is 0. The summed E-state index contributed by atoms with van der Waals surface area (Å²) in [5, 5.41) is 1.20. The first-order valence-corrected chi connectivity index (χ1v) is 5.13. The first kappa shape index (κ1) is 10.2. The minimum Gasteiger partial charge on any atom is -0.330 e. The summed E-state index contributed by atoms with van der Waals surface area (Å²) in [6.07, 6.45) is 2.73. The van der Waals surface area contributed by atoms with E-state index in [4.69, 9.17) is 11.6 Å². The fraction of sp³-hybridized carbons (Fsp3) is 0.273. The average Bonchev–Trinajstić information content (AvgIpc) is 2.59. The lowest BCUT2D eigenvalue weighted by Crippen LogP contribution is -2.00. The summed E-state index contributed by atoms with van der Waals surface area (Å²) in [6.45, 7) is 4.12. The zero-order valence-corrected chi connectivity index (χ0v) is 9.32. The summed E-state index contributed by atoms with van der Waals surface area (Å²) in [5.41, 5.74) is 1.35. The van der Waals surface area contributed by atoms with Crippen LogP contribution in [0.1, 0.15) is 30.2 Å². The van der Waals surface area contributed by atoms with Gasteiger partial charge in [0.2, 0.25) is 0 Å². The summed E-state index contributed by atoms with van der Waals surface area (Å²) in [5.74, 6) is 0. The normalized spacial score (nSPS) is 11.2. The molecule has 0 unspecified atom stereocenters. The smallest absolute Gasteiger partial charge is 0.150 e. The second-order valence-electron chi connectivity index (χ2n) is 3.71. The Bertz CT molecular complexity index is 517. The van der Waals surface area contributed by atoms with Crippen LogP contribution in [-0.2, 0) is 0 Å². The van der Waals surface area contributed by atoms with Crippen molar-refractivity contribution in [3.8, 4) is 0 Å². The van der Waals surface area contributed by atoms with Gasteiger partial charge in [-0.1, -0.05) is 11.6 Å². The SMILES string of the molecule is CC(C)n1ccc2c(C=O)cc(Cl)nc21. The third-order valence-electron chi connectivity index (χ3n) is 2.37. The molecule has 0 spiro atoms. The van der Waals surface area contributed by atoms with E-state index in [9.17, 15) is 4.79 Å². The predicted molar refractivity (Wildman–Crippen MR) is 60.5 cm³/mol. The highest BCUT2D eigenvalue weighted by atomic mass is 35.5. The summed E-state index contributed by atoms with van der Waals surface area (Å²) in [4.78, 5) is 15.1. The maximum atomic E-state index is 10.9. The molecule has 2 aromatic rings. The zero-order valence-electron chi connectivity index (χ0n) is 8.57. The first-order valence-electron chi connectivity index (χ1n) is 4.75. The Balaban J connectivity index is 2.80. The highest BCUT2D eigenvalue weighted by Gasteiger charge is 2.10. The number of carbonyl (C=O) groups is 1. The van der Waals surface area contributed by atoms with Gasteiger partial charge in [0.25, 0.3) is 0 Å². The van der Waals surface area contributed by atoms with Crippen molar-refractivity contribution >= 4 is 28.9 Å². The molecule has 4 heteroatoms. The largest absolute Gasteiger partial charge is 0.330 e. The van der Waals surface area contributed by atoms with Gasteiger partial charge in [0, 0.05) is 23.2 Å². The first-order chi connectivity index (χ1) is 7.13. The summed E-state index contributed by atoms with van der Waals surface area (Å²) >= 11 is 5.85. The van der Waals surface area contributed by atoms with Gasteiger partial charge in [0.15, 0.2) is 6.29 Å². The third kappa shape index (κ3) is 1.63. The van der Waals surface area contributed by atoms with E-state index in [1.165, 1.54) is 0 Å². The minimum atomic E-state index is 0.299. The van der Waals surface area contributed by atoms with Crippen molar-refractivity contribution in [2.45, 2.75) is 19.9 Å². The Kier molecular flexibility index (Phi) is 2.49. The average molecular weight is 223 g/mol. The van der Waals surface area contributed by atoms with E-state index in [1.807, 2.05) is 16.8 Å². The van der Waals surface area contributed by atoms with Crippen molar-refractivity contribution in [2.75, 3.05) is 0 Å². The maximum Gasteiger partial charge on any atom is 0.150 e. The van der Waals surface area contributed by atoms with Gasteiger partial charge in [0.05, 0.1) is 0 Å². The van der Waals surface area contributed by atoms with Crippen molar-refractivity contribution in [3.63, 3.8) is 0 Å². The predicted octanol–water partition coefficient (Wildman–Crippen LogP) is 3.08. The van der Waals surface area contributed by atoms with Crippen LogP contribution in [0.5, 0.6) is 0 Å². The number of halogens is 1. The van der Waals surface area contributed by atoms with Crippen LogP contribution in [0.25, 0.3) is 11.0 Å². The molecule has 0 fully saturated rings. The van der Waals surface area contributed by atoms with Gasteiger partial charge >= 0.3 is 0 Å². The molecular formula is C11H11ClN2O. The van der Waals surface area contributed by atoms with Gasteiger partial charge in [-0.3, -0.25) is 4.79 Å². The Labute approximate surface area is 92.7 Å². The van der Waals surface area contributed by atoms with Crippen molar-refractivity contribution in [1.29, 1.82) is 0 Å². The second-order valence-corrected chi connectivity index (χ2v) is 4.09. The van der Waals surface area contributed by atoms with Crippen molar-refractivity contribution in [2.24, 2.45) is 0 Å². The quantitative estimate of drug-likeness (QED) is 0.578. The molecule has 0 amide bonds. The molecule has 0 aliphatic rings. The van der Waals surface area contributed by atoms with E-state index in [2.05, 4.69) is 18.8 Å². The van der Waals surface area contributed by atoms with Crippen molar-refractivity contribution in [3.05, 3.63) is 29.0 Å². The van der Waals surface area contributed by atoms with Gasteiger partial charge in [0.1, 0.15) is 10.8 Å². The molecular weight excluding hydrogens is 212 g/mol. The molecule has 0 aromatic carbocycles. The van der Waals surface area contributed by atoms with E-state index < -0.39 is 0 Å². The Hall–Kier alpha value is -1.35. The number of rotatable bonds is 2. The number of carbonyl (C=O) groups excluding carboxylic acids is 1. The molecule has 0 aliphatic carbocycles. The molecule has 0 bridgehead atoms. The standard InChI is InChI=1S/C11H11ClN2O/c1-7(2)14-4-3-9-8(6-15)5-10(12)13-11(9)14/h3-7H,1-2H3. The van der Waals surface area contributed by atoms with Crippen molar-refractivity contribution in [1.82, 2.24) is 9.55 Å². The Morgan fingerprint density at radius 3 is 2.87 bits per heavy atom. The number of nitrogens with zero attached hydrogens (tertiary/aromatic N) is 2. The molecule has 0 atom stereocenters. The lowest BCUT2D eigenvalue weighted by atomic mass is 10.2. The Morgan fingerprint density at radius 2 is 2.27 bits per heavy atom. The number of hydrogen-bond acceptors (Lipinski definition) is 2. The molecule has 0 saturated carbocycles. The van der Waals surface area contributed by atoms with Gasteiger partial charge in [-0.2, -0.15) is 0 Å². The van der Waals surface area contributed by atoms with Gasteiger partial charge < -0.3 is 4.57 Å². The van der Waals surface area contributed by atoms with Crippen LogP contribution in [0.4, 0.5) is 0 Å². The van der Waals surface area contributed by atoms with Gasteiger partial charge in [-0.25, -0.2) is 4.98 Å². The van der Waals surface area contributed by atoms with Crippen molar-refractivity contribution < 1.29 is 4.79 Å². The van der Waals surface area contributed by atoms with E-state index >= 15 is 0 Å². The zero-order chi connectivity index (χ0) is 11.0.